The number of amides is 2. The SMILES string of the molecule is CS(=O)(=O)CC(=O)N[C@@H](CCCSCC(=O)C(F)(F)F)C(=O)NC1CC[NH+](Cc2ccccc2)CC1.O=C([O-])C(F)(F)F. The number of likely N-dealkylation sites (tertiary alicyclic amines) is 1. The summed E-state index contributed by atoms with van der Waals surface area (Å²) in [5, 5.41) is 14.1. The van der Waals surface area contributed by atoms with Crippen LogP contribution in [0.15, 0.2) is 30.3 Å². The van der Waals surface area contributed by atoms with Crippen LogP contribution in [-0.2, 0) is 35.6 Å². The van der Waals surface area contributed by atoms with E-state index in [0.29, 0.717) is 0 Å². The van der Waals surface area contributed by atoms with Crippen molar-refractivity contribution in [2.75, 3.05) is 36.6 Å². The van der Waals surface area contributed by atoms with Crippen LogP contribution in [0.1, 0.15) is 31.2 Å². The van der Waals surface area contributed by atoms with E-state index in [1.54, 1.807) is 0 Å². The highest BCUT2D eigenvalue weighted by Gasteiger charge is 2.37. The number of carboxylic acid groups (broad SMARTS) is 1. The zero-order valence-corrected chi connectivity index (χ0v) is 24.7. The first-order valence-corrected chi connectivity index (χ1v) is 16.1. The zero-order chi connectivity index (χ0) is 32.8. The van der Waals surface area contributed by atoms with E-state index in [9.17, 15) is 49.1 Å². The van der Waals surface area contributed by atoms with Crippen LogP contribution in [0, 0.1) is 0 Å². The number of halogens is 6. The molecule has 0 aliphatic carbocycles. The van der Waals surface area contributed by atoms with E-state index in [4.69, 9.17) is 9.90 Å². The molecule has 1 saturated heterocycles. The summed E-state index contributed by atoms with van der Waals surface area (Å²) in [6, 6.07) is 8.98. The number of quaternary nitrogens is 1. The summed E-state index contributed by atoms with van der Waals surface area (Å²) in [6.07, 6.45) is -7.32. The second kappa shape index (κ2) is 17.4. The Hall–Kier alpha value is -2.86. The number of sulfone groups is 1. The topological polar surface area (TPSA) is 154 Å². The maximum absolute atomic E-state index is 12.9. The van der Waals surface area contributed by atoms with Gasteiger partial charge in [0, 0.05) is 30.7 Å². The quantitative estimate of drug-likeness (QED) is 0.194. The first-order chi connectivity index (χ1) is 19.8. The van der Waals surface area contributed by atoms with Crippen LogP contribution in [0.4, 0.5) is 26.3 Å². The molecular weight excluding hydrogens is 632 g/mol. The van der Waals surface area contributed by atoms with Gasteiger partial charge in [-0.2, -0.15) is 38.1 Å². The van der Waals surface area contributed by atoms with E-state index in [2.05, 4.69) is 22.8 Å². The van der Waals surface area contributed by atoms with Gasteiger partial charge in [-0.25, -0.2) is 8.42 Å². The molecule has 0 aromatic heterocycles. The number of rotatable bonds is 13. The highest BCUT2D eigenvalue weighted by molar-refractivity contribution is 7.99. The van der Waals surface area contributed by atoms with Crippen LogP contribution in [0.25, 0.3) is 0 Å². The lowest BCUT2D eigenvalue weighted by Crippen LogP contribution is -3.12. The molecule has 1 aromatic rings. The molecule has 0 unspecified atom stereocenters. The molecule has 10 nitrogen and oxygen atoms in total. The molecular formula is C25H33F6N3O7S2. The highest BCUT2D eigenvalue weighted by Crippen LogP contribution is 2.19. The number of thioether (sulfide) groups is 1. The average Bonchev–Trinajstić information content (AvgIpc) is 2.87. The van der Waals surface area contributed by atoms with Gasteiger partial charge in [0.15, 0.2) is 9.84 Å². The number of hydrogen-bond donors (Lipinski definition) is 3. The molecule has 1 atom stereocenters. The Labute approximate surface area is 248 Å². The van der Waals surface area contributed by atoms with E-state index in [1.165, 1.54) is 10.5 Å². The van der Waals surface area contributed by atoms with Gasteiger partial charge in [0.25, 0.3) is 0 Å². The van der Waals surface area contributed by atoms with Gasteiger partial charge < -0.3 is 25.4 Å². The fourth-order valence-corrected chi connectivity index (χ4v) is 5.34. The number of benzene rings is 1. The lowest BCUT2D eigenvalue weighted by molar-refractivity contribution is -0.918. The smallest absolute Gasteiger partial charge is 0.450 e. The molecule has 0 bridgehead atoms. The zero-order valence-electron chi connectivity index (χ0n) is 23.1. The monoisotopic (exact) mass is 665 g/mol. The molecule has 1 aliphatic heterocycles. The van der Waals surface area contributed by atoms with Crippen molar-refractivity contribution in [2.45, 2.75) is 56.7 Å². The Morgan fingerprint density at radius 1 is 1.02 bits per heavy atom. The Morgan fingerprint density at radius 3 is 2.07 bits per heavy atom. The number of piperidine rings is 1. The number of carbonyl (C=O) groups excluding carboxylic acids is 4. The molecule has 1 aliphatic rings. The molecule has 0 saturated carbocycles. The molecule has 18 heteroatoms. The van der Waals surface area contributed by atoms with E-state index >= 15 is 0 Å². The van der Waals surface area contributed by atoms with Gasteiger partial charge in [0.1, 0.15) is 24.3 Å². The van der Waals surface area contributed by atoms with Crippen molar-refractivity contribution in [3.63, 3.8) is 0 Å². The van der Waals surface area contributed by atoms with Crippen molar-refractivity contribution in [3.8, 4) is 0 Å². The number of carboxylic acids is 1. The van der Waals surface area contributed by atoms with E-state index in [0.717, 1.165) is 50.5 Å². The second-order valence-corrected chi connectivity index (χ2v) is 13.0. The Bertz CT molecular complexity index is 1170. The van der Waals surface area contributed by atoms with Crippen LogP contribution >= 0.6 is 11.8 Å². The molecule has 1 heterocycles. The summed E-state index contributed by atoms with van der Waals surface area (Å²) in [4.78, 5) is 46.2. The molecule has 0 spiro atoms. The number of hydrogen-bond acceptors (Lipinski definition) is 8. The summed E-state index contributed by atoms with van der Waals surface area (Å²) >= 11 is 0.795. The third-order valence-electron chi connectivity index (χ3n) is 5.94. The Kier molecular flexibility index (Phi) is 15.5. The van der Waals surface area contributed by atoms with Gasteiger partial charge in [0.05, 0.1) is 18.8 Å². The van der Waals surface area contributed by atoms with Gasteiger partial charge in [-0.05, 0) is 18.6 Å². The summed E-state index contributed by atoms with van der Waals surface area (Å²) in [7, 11) is -3.60. The third-order valence-corrected chi connectivity index (χ3v) is 7.77. The predicted molar refractivity (Wildman–Crippen MR) is 142 cm³/mol. The van der Waals surface area contributed by atoms with Gasteiger partial charge in [-0.1, -0.05) is 30.3 Å². The molecule has 2 rings (SSSR count). The minimum atomic E-state index is -5.19. The average molecular weight is 666 g/mol. The molecule has 2 amide bonds. The summed E-state index contributed by atoms with van der Waals surface area (Å²) < 4.78 is 91.3. The fourth-order valence-electron chi connectivity index (χ4n) is 3.91. The number of carbonyl (C=O) groups is 4. The number of nitrogens with one attached hydrogen (secondary N) is 3. The summed E-state index contributed by atoms with van der Waals surface area (Å²) in [5.41, 5.74) is 1.23. The third kappa shape index (κ3) is 17.1. The van der Waals surface area contributed by atoms with Crippen LogP contribution < -0.4 is 20.6 Å². The van der Waals surface area contributed by atoms with Crippen LogP contribution in [0.3, 0.4) is 0 Å². The van der Waals surface area contributed by atoms with Gasteiger partial charge in [-0.15, -0.1) is 0 Å². The number of alkyl halides is 6. The van der Waals surface area contributed by atoms with E-state index in [1.807, 2.05) is 18.2 Å². The van der Waals surface area contributed by atoms with Gasteiger partial charge in [0.2, 0.25) is 17.6 Å². The predicted octanol–water partition coefficient (Wildman–Crippen LogP) is -0.177. The Balaban J connectivity index is 0.00000117. The molecule has 3 N–H and O–H groups in total. The normalized spacial score (nSPS) is 18.0. The van der Waals surface area contributed by atoms with E-state index in [-0.39, 0.29) is 24.6 Å². The van der Waals surface area contributed by atoms with Crippen molar-refractivity contribution in [3.05, 3.63) is 35.9 Å². The van der Waals surface area contributed by atoms with Crippen LogP contribution in [-0.4, -0.2) is 93.0 Å². The van der Waals surface area contributed by atoms with Crippen molar-refractivity contribution in [2.24, 2.45) is 0 Å². The van der Waals surface area contributed by atoms with Crippen molar-refractivity contribution >= 4 is 45.2 Å². The lowest BCUT2D eigenvalue weighted by Gasteiger charge is -2.31. The molecule has 244 valence electrons. The minimum Gasteiger partial charge on any atom is -0.542 e. The maximum Gasteiger partial charge on any atom is 0.450 e. The van der Waals surface area contributed by atoms with Crippen LogP contribution in [0.2, 0.25) is 0 Å². The minimum absolute atomic E-state index is 0.0925. The highest BCUT2D eigenvalue weighted by atomic mass is 32.2. The molecule has 1 aromatic carbocycles. The molecule has 0 radical (unpaired) electrons. The summed E-state index contributed by atoms with van der Waals surface area (Å²) in [6.45, 7) is 2.60. The fraction of sp³-hybridized carbons (Fsp3) is 0.600. The largest absolute Gasteiger partial charge is 0.542 e. The van der Waals surface area contributed by atoms with Crippen molar-refractivity contribution < 1.29 is 63.9 Å². The molecule has 1 fully saturated rings. The number of aliphatic carboxylic acids is 1. The van der Waals surface area contributed by atoms with Crippen LogP contribution in [0.5, 0.6) is 0 Å². The number of Topliss-reactive ketones (excluding diaryl/α,β-unsaturated/α-hetero) is 1. The van der Waals surface area contributed by atoms with Crippen molar-refractivity contribution in [1.82, 2.24) is 10.6 Å². The van der Waals surface area contributed by atoms with Gasteiger partial charge >= 0.3 is 12.4 Å². The maximum atomic E-state index is 12.9. The summed E-state index contributed by atoms with van der Waals surface area (Å²) in [5.74, 6) is -7.42. The van der Waals surface area contributed by atoms with E-state index < -0.39 is 63.3 Å². The number of ketones is 1. The van der Waals surface area contributed by atoms with Gasteiger partial charge in [-0.3, -0.25) is 14.4 Å². The standard InChI is InChI=1S/C23H32F3N3O5S2.C2HF3O2/c1-36(33,34)16-21(31)28-19(8-5-13-35-15-20(30)23(24,25)26)22(32)27-18-9-11-29(12-10-18)14-17-6-3-2-4-7-17;3-2(4,5)1(6)7/h2-4,6-7,18-19H,5,8-16H2,1H3,(H,27,32)(H,28,31);(H,6,7)/t19-;/m0./s1. The molecule has 43 heavy (non-hydrogen) atoms. The first kappa shape index (κ1) is 38.2. The van der Waals surface area contributed by atoms with Crippen molar-refractivity contribution in [1.29, 1.82) is 0 Å². The first-order valence-electron chi connectivity index (χ1n) is 12.9. The lowest BCUT2D eigenvalue weighted by atomic mass is 10.0. The second-order valence-electron chi connectivity index (χ2n) is 9.79. The Morgan fingerprint density at radius 2 is 1.58 bits per heavy atom.